The summed E-state index contributed by atoms with van der Waals surface area (Å²) in [4.78, 5) is 24.1. The third-order valence-corrected chi connectivity index (χ3v) is 5.02. The molecule has 3 rings (SSSR count). The lowest BCUT2D eigenvalue weighted by Gasteiger charge is -2.17. The summed E-state index contributed by atoms with van der Waals surface area (Å²) in [6, 6.07) is 19.4. The molecule has 0 amide bonds. The van der Waals surface area contributed by atoms with E-state index in [9.17, 15) is 19.8 Å². The van der Waals surface area contributed by atoms with Gasteiger partial charge in [0.25, 0.3) is 0 Å². The monoisotopic (exact) mass is 383 g/mol. The van der Waals surface area contributed by atoms with E-state index in [2.05, 4.69) is 59.5 Å². The lowest BCUT2D eigenvalue weighted by atomic mass is 10.2. The Morgan fingerprint density at radius 1 is 0.889 bits per heavy atom. The van der Waals surface area contributed by atoms with Gasteiger partial charge < -0.3 is 19.8 Å². The minimum absolute atomic E-state index is 0.384. The molecule has 0 aromatic heterocycles. The molecule has 0 unspecified atom stereocenters. The van der Waals surface area contributed by atoms with Gasteiger partial charge in [-0.3, -0.25) is 4.90 Å². The van der Waals surface area contributed by atoms with Crippen LogP contribution in [-0.2, 0) is 16.1 Å². The summed E-state index contributed by atoms with van der Waals surface area (Å²) in [5.74, 6) is -3.09. The lowest BCUT2D eigenvalue weighted by Crippen LogP contribution is -2.23. The molecule has 0 spiro atoms. The summed E-state index contributed by atoms with van der Waals surface area (Å²) in [5, 5.41) is 18.8. The van der Waals surface area contributed by atoms with E-state index >= 15 is 0 Å². The first-order valence-corrected chi connectivity index (χ1v) is 9.49. The van der Waals surface area contributed by atoms with Crippen LogP contribution in [0, 0.1) is 0 Å². The van der Waals surface area contributed by atoms with Crippen molar-refractivity contribution in [1.29, 1.82) is 0 Å². The Balaban J connectivity index is 0.000000279. The van der Waals surface area contributed by atoms with E-state index < -0.39 is 11.9 Å². The fourth-order valence-electron chi connectivity index (χ4n) is 2.67. The second-order valence-corrected chi connectivity index (χ2v) is 7.09. The number of hydrogen-bond acceptors (Lipinski definition) is 6. The quantitative estimate of drug-likeness (QED) is 0.703. The molecule has 2 aromatic rings. The normalized spacial score (nSPS) is 13.9. The van der Waals surface area contributed by atoms with Crippen LogP contribution in [0.2, 0.25) is 0 Å². The summed E-state index contributed by atoms with van der Waals surface area (Å²) < 4.78 is 0. The number of carbonyl (C=O) groups excluding carboxylic acids is 2. The van der Waals surface area contributed by atoms with Crippen molar-refractivity contribution in [2.24, 2.45) is 0 Å². The maximum Gasteiger partial charge on any atom is 0.0643 e. The molecule has 142 valence electrons. The van der Waals surface area contributed by atoms with Gasteiger partial charge in [-0.15, -0.1) is 0 Å². The number of hydrogen-bond donors (Lipinski definition) is 0. The molecule has 0 N–H and O–H groups in total. The van der Waals surface area contributed by atoms with Gasteiger partial charge in [0.15, 0.2) is 0 Å². The van der Waals surface area contributed by atoms with Gasteiger partial charge in [-0.25, -0.2) is 0 Å². The van der Waals surface area contributed by atoms with E-state index in [4.69, 9.17) is 0 Å². The second kappa shape index (κ2) is 11.2. The Labute approximate surface area is 163 Å². The largest absolute Gasteiger partial charge is 0.545 e. The summed E-state index contributed by atoms with van der Waals surface area (Å²) in [5.41, 5.74) is 1.46. The van der Waals surface area contributed by atoms with Crippen LogP contribution >= 0.6 is 11.8 Å². The highest BCUT2D eigenvalue weighted by Gasteiger charge is 2.13. The molecule has 1 saturated heterocycles. The Hall–Kier alpha value is -2.57. The van der Waals surface area contributed by atoms with Gasteiger partial charge in [-0.05, 0) is 61.8 Å². The van der Waals surface area contributed by atoms with Crippen molar-refractivity contribution >= 4 is 23.7 Å². The van der Waals surface area contributed by atoms with Gasteiger partial charge in [0.1, 0.15) is 0 Å². The average molecular weight is 383 g/mol. The maximum absolute atomic E-state index is 9.41. The predicted octanol–water partition coefficient (Wildman–Crippen LogP) is 1.48. The van der Waals surface area contributed by atoms with Crippen LogP contribution in [0.1, 0.15) is 18.4 Å². The van der Waals surface area contributed by atoms with Crippen molar-refractivity contribution in [1.82, 2.24) is 4.90 Å². The standard InChI is InChI=1S/C17H19NS.C4H4O4/c1-2-9-16(10-3-1)19-17-11-5-4-8-15(17)14-18-12-6-7-13-18;5-3(6)1-2-4(7)8/h1-5,8-11H,6-7,12-14H2;1-2H,(H,5,6)(H,7,8)/p-2/b;2-1-. The third-order valence-electron chi connectivity index (χ3n) is 3.89. The average Bonchev–Trinajstić information content (AvgIpc) is 3.16. The van der Waals surface area contributed by atoms with Crippen LogP contribution in [0.3, 0.4) is 0 Å². The van der Waals surface area contributed by atoms with E-state index in [1.807, 2.05) is 11.8 Å². The maximum atomic E-state index is 9.41. The summed E-state index contributed by atoms with van der Waals surface area (Å²) in [7, 11) is 0. The molecule has 27 heavy (non-hydrogen) atoms. The van der Waals surface area contributed by atoms with Crippen molar-refractivity contribution in [3.8, 4) is 0 Å². The van der Waals surface area contributed by atoms with Crippen molar-refractivity contribution in [3.05, 3.63) is 72.3 Å². The fourth-order valence-corrected chi connectivity index (χ4v) is 3.62. The van der Waals surface area contributed by atoms with Crippen molar-refractivity contribution in [2.45, 2.75) is 29.2 Å². The molecule has 6 heteroatoms. The van der Waals surface area contributed by atoms with Crippen LogP contribution in [0.25, 0.3) is 0 Å². The molecule has 0 aliphatic carbocycles. The number of likely N-dealkylation sites (tertiary alicyclic amines) is 1. The molecule has 1 fully saturated rings. The molecule has 1 aliphatic rings. The van der Waals surface area contributed by atoms with Crippen LogP contribution in [0.4, 0.5) is 0 Å². The summed E-state index contributed by atoms with van der Waals surface area (Å²) in [6.45, 7) is 3.60. The third kappa shape index (κ3) is 8.11. The summed E-state index contributed by atoms with van der Waals surface area (Å²) in [6.07, 6.45) is 3.48. The highest BCUT2D eigenvalue weighted by molar-refractivity contribution is 7.99. The van der Waals surface area contributed by atoms with E-state index in [0.717, 1.165) is 6.54 Å². The molecule has 0 saturated carbocycles. The number of carboxylic acids is 2. The SMILES string of the molecule is O=C([O-])/C=C\C(=O)[O-].c1ccc(Sc2ccccc2CN2CCCC2)cc1. The van der Waals surface area contributed by atoms with Crippen LogP contribution in [-0.4, -0.2) is 29.9 Å². The Morgan fingerprint density at radius 3 is 2.04 bits per heavy atom. The topological polar surface area (TPSA) is 83.5 Å². The van der Waals surface area contributed by atoms with E-state index in [-0.39, 0.29) is 0 Å². The smallest absolute Gasteiger partial charge is 0.0643 e. The molecule has 0 bridgehead atoms. The highest BCUT2D eigenvalue weighted by atomic mass is 32.2. The Morgan fingerprint density at radius 2 is 1.44 bits per heavy atom. The van der Waals surface area contributed by atoms with Gasteiger partial charge in [0.2, 0.25) is 0 Å². The van der Waals surface area contributed by atoms with Crippen LogP contribution in [0.5, 0.6) is 0 Å². The first-order valence-electron chi connectivity index (χ1n) is 8.68. The number of aliphatic carboxylic acids is 2. The van der Waals surface area contributed by atoms with Gasteiger partial charge in [-0.1, -0.05) is 48.2 Å². The molecular weight excluding hydrogens is 362 g/mol. The zero-order chi connectivity index (χ0) is 19.5. The molecule has 2 aromatic carbocycles. The first kappa shape index (κ1) is 20.7. The molecule has 0 radical (unpaired) electrons. The zero-order valence-electron chi connectivity index (χ0n) is 14.9. The highest BCUT2D eigenvalue weighted by Crippen LogP contribution is 2.31. The number of nitrogens with zero attached hydrogens (tertiary/aromatic N) is 1. The van der Waals surface area contributed by atoms with Crippen molar-refractivity contribution < 1.29 is 19.8 Å². The van der Waals surface area contributed by atoms with Crippen molar-refractivity contribution in [3.63, 3.8) is 0 Å². The van der Waals surface area contributed by atoms with Gasteiger partial charge >= 0.3 is 0 Å². The second-order valence-electron chi connectivity index (χ2n) is 5.98. The zero-order valence-corrected chi connectivity index (χ0v) is 15.7. The van der Waals surface area contributed by atoms with Crippen LogP contribution in [0.15, 0.2) is 76.5 Å². The molecule has 5 nitrogen and oxygen atoms in total. The van der Waals surface area contributed by atoms with Gasteiger partial charge in [-0.2, -0.15) is 0 Å². The minimum Gasteiger partial charge on any atom is -0.545 e. The van der Waals surface area contributed by atoms with E-state index in [1.54, 1.807) is 0 Å². The molecule has 0 atom stereocenters. The molecular formula is C21H21NO4S-2. The number of rotatable bonds is 6. The van der Waals surface area contributed by atoms with Crippen LogP contribution < -0.4 is 10.2 Å². The Bertz CT molecular complexity index is 755. The van der Waals surface area contributed by atoms with Crippen molar-refractivity contribution in [2.75, 3.05) is 13.1 Å². The molecule has 1 heterocycles. The number of carboxylic acid groups (broad SMARTS) is 2. The first-order chi connectivity index (χ1) is 13.0. The van der Waals surface area contributed by atoms with Gasteiger partial charge in [0, 0.05) is 16.3 Å². The number of benzene rings is 2. The molecule has 1 aliphatic heterocycles. The van der Waals surface area contributed by atoms with E-state index in [1.165, 1.54) is 41.3 Å². The number of carbonyl (C=O) groups is 2. The summed E-state index contributed by atoms with van der Waals surface area (Å²) >= 11 is 1.87. The van der Waals surface area contributed by atoms with E-state index in [0.29, 0.717) is 12.2 Å². The predicted molar refractivity (Wildman–Crippen MR) is 101 cm³/mol. The lowest BCUT2D eigenvalue weighted by molar-refractivity contribution is -0.301. The van der Waals surface area contributed by atoms with Gasteiger partial charge in [0.05, 0.1) is 11.9 Å². The fraction of sp³-hybridized carbons (Fsp3) is 0.238. The Kier molecular flexibility index (Phi) is 8.61. The minimum atomic E-state index is -1.55.